The van der Waals surface area contributed by atoms with E-state index in [4.69, 9.17) is 4.42 Å². The van der Waals surface area contributed by atoms with Crippen LogP contribution in [0.4, 0.5) is 5.69 Å². The highest BCUT2D eigenvalue weighted by Crippen LogP contribution is 2.11. The van der Waals surface area contributed by atoms with Crippen LogP contribution in [0.25, 0.3) is 6.08 Å². The third-order valence-electron chi connectivity index (χ3n) is 3.82. The standard InChI is InChI=1S/C20H22N2O5/c1-3-17(24)19(13(2)23)22-20(26)14-6-8-15(9-7-14)21-18(25)11-10-16-5-4-12-27-16/h4-13,19,23H,3H2,1-2H3,(H,21,25)(H,22,26)/b11-10+/t13-,19+/m1/s1. The molecule has 2 amide bonds. The maximum absolute atomic E-state index is 12.3. The smallest absolute Gasteiger partial charge is 0.251 e. The van der Waals surface area contributed by atoms with Crippen LogP contribution in [-0.4, -0.2) is 34.8 Å². The number of rotatable bonds is 8. The number of nitrogens with one attached hydrogen (secondary N) is 2. The number of hydrogen-bond donors (Lipinski definition) is 3. The molecule has 0 aliphatic carbocycles. The predicted octanol–water partition coefficient (Wildman–Crippen LogP) is 2.39. The van der Waals surface area contributed by atoms with E-state index in [1.807, 2.05) is 0 Å². The molecule has 0 fully saturated rings. The average Bonchev–Trinajstić information content (AvgIpc) is 3.17. The van der Waals surface area contributed by atoms with Gasteiger partial charge in [-0.3, -0.25) is 14.4 Å². The first-order valence-corrected chi connectivity index (χ1v) is 8.55. The molecule has 142 valence electrons. The molecular formula is C20H22N2O5. The zero-order valence-electron chi connectivity index (χ0n) is 15.1. The normalized spacial score (nSPS) is 13.1. The van der Waals surface area contributed by atoms with E-state index >= 15 is 0 Å². The highest BCUT2D eigenvalue weighted by Gasteiger charge is 2.24. The molecule has 2 atom stereocenters. The second-order valence-corrected chi connectivity index (χ2v) is 5.93. The second-order valence-electron chi connectivity index (χ2n) is 5.93. The van der Waals surface area contributed by atoms with Crippen molar-refractivity contribution < 1.29 is 23.9 Å². The summed E-state index contributed by atoms with van der Waals surface area (Å²) in [7, 11) is 0. The van der Waals surface area contributed by atoms with Gasteiger partial charge in [-0.2, -0.15) is 0 Å². The average molecular weight is 370 g/mol. The minimum atomic E-state index is -0.985. The topological polar surface area (TPSA) is 109 Å². The minimum Gasteiger partial charge on any atom is -0.465 e. The van der Waals surface area contributed by atoms with E-state index in [2.05, 4.69) is 10.6 Å². The summed E-state index contributed by atoms with van der Waals surface area (Å²) < 4.78 is 5.10. The Morgan fingerprint density at radius 3 is 2.44 bits per heavy atom. The van der Waals surface area contributed by atoms with Crippen molar-refractivity contribution in [1.29, 1.82) is 0 Å². The van der Waals surface area contributed by atoms with Gasteiger partial charge in [-0.05, 0) is 49.4 Å². The minimum absolute atomic E-state index is 0.215. The third-order valence-corrected chi connectivity index (χ3v) is 3.82. The molecule has 0 aliphatic heterocycles. The van der Waals surface area contributed by atoms with E-state index < -0.39 is 18.1 Å². The molecule has 0 radical (unpaired) electrons. The van der Waals surface area contributed by atoms with Crippen LogP contribution in [0, 0.1) is 0 Å². The summed E-state index contributed by atoms with van der Waals surface area (Å²) in [6.45, 7) is 3.12. The second kappa shape index (κ2) is 9.49. The highest BCUT2D eigenvalue weighted by atomic mass is 16.3. The Balaban J connectivity index is 1.96. The van der Waals surface area contributed by atoms with Gasteiger partial charge in [-0.1, -0.05) is 6.92 Å². The molecule has 0 saturated carbocycles. The molecule has 0 spiro atoms. The number of aliphatic hydroxyl groups excluding tert-OH is 1. The number of anilines is 1. The van der Waals surface area contributed by atoms with Crippen LogP contribution < -0.4 is 10.6 Å². The Morgan fingerprint density at radius 2 is 1.89 bits per heavy atom. The van der Waals surface area contributed by atoms with Crippen molar-refractivity contribution in [2.75, 3.05) is 5.32 Å². The first-order chi connectivity index (χ1) is 12.9. The van der Waals surface area contributed by atoms with E-state index in [0.717, 1.165) is 0 Å². The van der Waals surface area contributed by atoms with Crippen LogP contribution in [0.15, 0.2) is 53.2 Å². The number of amides is 2. The van der Waals surface area contributed by atoms with Gasteiger partial charge < -0.3 is 20.2 Å². The Labute approximate surface area is 157 Å². The monoisotopic (exact) mass is 370 g/mol. The van der Waals surface area contributed by atoms with Gasteiger partial charge in [0, 0.05) is 23.7 Å². The molecule has 3 N–H and O–H groups in total. The third kappa shape index (κ3) is 5.93. The molecular weight excluding hydrogens is 348 g/mol. The van der Waals surface area contributed by atoms with Crippen molar-refractivity contribution in [2.24, 2.45) is 0 Å². The van der Waals surface area contributed by atoms with Crippen molar-refractivity contribution >= 4 is 29.4 Å². The summed E-state index contributed by atoms with van der Waals surface area (Å²) >= 11 is 0. The Morgan fingerprint density at radius 1 is 1.19 bits per heavy atom. The van der Waals surface area contributed by atoms with Gasteiger partial charge >= 0.3 is 0 Å². The van der Waals surface area contributed by atoms with Crippen molar-refractivity contribution in [1.82, 2.24) is 5.32 Å². The molecule has 0 bridgehead atoms. The zero-order valence-corrected chi connectivity index (χ0v) is 15.1. The van der Waals surface area contributed by atoms with Crippen LogP contribution in [0.1, 0.15) is 36.4 Å². The molecule has 0 saturated heterocycles. The molecule has 2 aromatic rings. The SMILES string of the molecule is CCC(=O)[C@@H](NC(=O)c1ccc(NC(=O)/C=C/c2ccco2)cc1)[C@@H](C)O. The van der Waals surface area contributed by atoms with Gasteiger partial charge in [0.1, 0.15) is 11.8 Å². The lowest BCUT2D eigenvalue weighted by molar-refractivity contribution is -0.122. The molecule has 2 rings (SSSR count). The molecule has 1 heterocycles. The maximum Gasteiger partial charge on any atom is 0.251 e. The molecule has 0 aliphatic rings. The summed E-state index contributed by atoms with van der Waals surface area (Å²) in [5, 5.41) is 14.9. The molecule has 1 aromatic heterocycles. The zero-order chi connectivity index (χ0) is 19.8. The predicted molar refractivity (Wildman–Crippen MR) is 101 cm³/mol. The van der Waals surface area contributed by atoms with E-state index in [1.54, 1.807) is 31.2 Å². The van der Waals surface area contributed by atoms with Gasteiger partial charge in [-0.15, -0.1) is 0 Å². The largest absolute Gasteiger partial charge is 0.465 e. The lowest BCUT2D eigenvalue weighted by Gasteiger charge is -2.19. The quantitative estimate of drug-likeness (QED) is 0.618. The summed E-state index contributed by atoms with van der Waals surface area (Å²) in [6, 6.07) is 8.69. The van der Waals surface area contributed by atoms with Crippen molar-refractivity contribution in [3.8, 4) is 0 Å². The molecule has 7 heteroatoms. The first kappa shape index (κ1) is 20.1. The molecule has 7 nitrogen and oxygen atoms in total. The van der Waals surface area contributed by atoms with Crippen molar-refractivity contribution in [3.05, 3.63) is 60.1 Å². The molecule has 1 aromatic carbocycles. The van der Waals surface area contributed by atoms with Gasteiger partial charge in [0.25, 0.3) is 5.91 Å². The van der Waals surface area contributed by atoms with Crippen LogP contribution in [0.3, 0.4) is 0 Å². The highest BCUT2D eigenvalue weighted by molar-refractivity contribution is 6.02. The first-order valence-electron chi connectivity index (χ1n) is 8.55. The van der Waals surface area contributed by atoms with E-state index in [-0.39, 0.29) is 18.1 Å². The molecule has 0 unspecified atom stereocenters. The fourth-order valence-electron chi connectivity index (χ4n) is 2.35. The summed E-state index contributed by atoms with van der Waals surface area (Å²) in [6.07, 6.45) is 3.62. The number of aliphatic hydroxyl groups is 1. The number of hydrogen-bond acceptors (Lipinski definition) is 5. The van der Waals surface area contributed by atoms with Gasteiger partial charge in [0.15, 0.2) is 5.78 Å². The van der Waals surface area contributed by atoms with Crippen molar-refractivity contribution in [2.45, 2.75) is 32.4 Å². The van der Waals surface area contributed by atoms with Crippen LogP contribution in [0.2, 0.25) is 0 Å². The Bertz CT molecular complexity index is 807. The number of benzene rings is 1. The number of carbonyl (C=O) groups is 3. The summed E-state index contributed by atoms with van der Waals surface area (Å²) in [5.41, 5.74) is 0.825. The summed E-state index contributed by atoms with van der Waals surface area (Å²) in [5.74, 6) is -0.498. The Kier molecular flexibility index (Phi) is 7.08. The number of Topliss-reactive ketones (excluding diaryl/α,β-unsaturated/α-hetero) is 1. The fourth-order valence-corrected chi connectivity index (χ4v) is 2.35. The van der Waals surface area contributed by atoms with E-state index in [0.29, 0.717) is 17.0 Å². The fraction of sp³-hybridized carbons (Fsp3) is 0.250. The molecule has 27 heavy (non-hydrogen) atoms. The van der Waals surface area contributed by atoms with Gasteiger partial charge in [0.2, 0.25) is 5.91 Å². The van der Waals surface area contributed by atoms with E-state index in [9.17, 15) is 19.5 Å². The number of carbonyl (C=O) groups excluding carboxylic acids is 3. The van der Waals surface area contributed by atoms with Gasteiger partial charge in [0.05, 0.1) is 12.4 Å². The van der Waals surface area contributed by atoms with Crippen molar-refractivity contribution in [3.63, 3.8) is 0 Å². The van der Waals surface area contributed by atoms with E-state index in [1.165, 1.54) is 37.5 Å². The van der Waals surface area contributed by atoms with Gasteiger partial charge in [-0.25, -0.2) is 0 Å². The van der Waals surface area contributed by atoms with Crippen LogP contribution >= 0.6 is 0 Å². The Hall–Kier alpha value is -3.19. The summed E-state index contributed by atoms with van der Waals surface area (Å²) in [4.78, 5) is 35.9. The van der Waals surface area contributed by atoms with Crippen LogP contribution in [0.5, 0.6) is 0 Å². The number of furan rings is 1. The number of ketones is 1. The maximum atomic E-state index is 12.3. The lowest BCUT2D eigenvalue weighted by Crippen LogP contribution is -2.47. The lowest BCUT2D eigenvalue weighted by atomic mass is 10.0. The van der Waals surface area contributed by atoms with Crippen LogP contribution in [-0.2, 0) is 9.59 Å².